The summed E-state index contributed by atoms with van der Waals surface area (Å²) in [6.45, 7) is 6.74. The predicted octanol–water partition coefficient (Wildman–Crippen LogP) is 0.955. The molecule has 0 bridgehead atoms. The number of hydrogen-bond acceptors (Lipinski definition) is 4. The Morgan fingerprint density at radius 3 is 3.25 bits per heavy atom. The highest BCUT2D eigenvalue weighted by molar-refractivity contribution is 4.85. The zero-order valence-corrected chi connectivity index (χ0v) is 10.0. The molecule has 0 spiro atoms. The summed E-state index contributed by atoms with van der Waals surface area (Å²) in [5.74, 6) is 1.02. The van der Waals surface area contributed by atoms with Crippen LogP contribution in [0.15, 0.2) is 6.33 Å². The van der Waals surface area contributed by atoms with E-state index in [1.54, 1.807) is 6.33 Å². The molecule has 90 valence electrons. The maximum Gasteiger partial charge on any atom is 0.140 e. The Balaban J connectivity index is 1.82. The molecule has 2 rings (SSSR count). The molecule has 0 amide bonds. The van der Waals surface area contributed by atoms with Gasteiger partial charge in [-0.25, -0.2) is 9.67 Å². The van der Waals surface area contributed by atoms with Gasteiger partial charge in [0.1, 0.15) is 12.2 Å². The molecule has 0 saturated carbocycles. The first-order valence-corrected chi connectivity index (χ1v) is 6.01. The Morgan fingerprint density at radius 1 is 1.62 bits per heavy atom. The van der Waals surface area contributed by atoms with Crippen LogP contribution in [0.1, 0.15) is 32.5 Å². The normalized spacial score (nSPS) is 25.9. The molecule has 2 unspecified atom stereocenters. The van der Waals surface area contributed by atoms with E-state index >= 15 is 0 Å². The second kappa shape index (κ2) is 5.41. The van der Waals surface area contributed by atoms with Gasteiger partial charge in [-0.15, -0.1) is 0 Å². The van der Waals surface area contributed by atoms with Crippen LogP contribution in [0.5, 0.6) is 0 Å². The van der Waals surface area contributed by atoms with Gasteiger partial charge in [0.2, 0.25) is 0 Å². The van der Waals surface area contributed by atoms with E-state index < -0.39 is 0 Å². The second-order valence-electron chi connectivity index (χ2n) is 4.28. The Kier molecular flexibility index (Phi) is 3.90. The molecule has 2 heterocycles. The molecule has 1 aromatic rings. The molecule has 5 nitrogen and oxygen atoms in total. The van der Waals surface area contributed by atoms with E-state index in [0.29, 0.717) is 12.1 Å². The number of hydrogen-bond donors (Lipinski definition) is 1. The van der Waals surface area contributed by atoms with Crippen molar-refractivity contribution in [2.45, 2.75) is 51.9 Å². The first-order chi connectivity index (χ1) is 7.79. The van der Waals surface area contributed by atoms with Gasteiger partial charge < -0.3 is 10.1 Å². The lowest BCUT2D eigenvalue weighted by Gasteiger charge is -2.27. The van der Waals surface area contributed by atoms with Crippen LogP contribution in [0.4, 0.5) is 0 Å². The highest BCUT2D eigenvalue weighted by atomic mass is 16.5. The van der Waals surface area contributed by atoms with Crippen LogP contribution in [0.25, 0.3) is 0 Å². The lowest BCUT2D eigenvalue weighted by molar-refractivity contribution is 0.0129. The van der Waals surface area contributed by atoms with Crippen LogP contribution in [0.2, 0.25) is 0 Å². The topological polar surface area (TPSA) is 52.0 Å². The summed E-state index contributed by atoms with van der Waals surface area (Å²) in [6, 6.07) is 0.547. The molecule has 0 aromatic carbocycles. The lowest BCUT2D eigenvalue weighted by atomic mass is 10.0. The molecule has 5 heteroatoms. The summed E-state index contributed by atoms with van der Waals surface area (Å²) in [6.07, 6.45) is 4.16. The molecule has 16 heavy (non-hydrogen) atoms. The third kappa shape index (κ3) is 2.80. The highest BCUT2D eigenvalue weighted by Gasteiger charge is 2.19. The summed E-state index contributed by atoms with van der Waals surface area (Å²) < 4.78 is 7.44. The van der Waals surface area contributed by atoms with Crippen LogP contribution in [-0.4, -0.2) is 33.5 Å². The molecule has 1 fully saturated rings. The molecule has 1 aromatic heterocycles. The smallest absolute Gasteiger partial charge is 0.140 e. The highest BCUT2D eigenvalue weighted by Crippen LogP contribution is 2.13. The fraction of sp³-hybridized carbons (Fsp3) is 0.818. The first kappa shape index (κ1) is 11.5. The molecule has 1 aliphatic heterocycles. The number of nitrogens with zero attached hydrogens (tertiary/aromatic N) is 3. The van der Waals surface area contributed by atoms with Crippen molar-refractivity contribution in [3.8, 4) is 0 Å². The maximum absolute atomic E-state index is 5.52. The van der Waals surface area contributed by atoms with E-state index in [4.69, 9.17) is 4.74 Å². The van der Waals surface area contributed by atoms with Crippen molar-refractivity contribution < 1.29 is 4.74 Å². The average molecular weight is 224 g/mol. The van der Waals surface area contributed by atoms with Crippen molar-refractivity contribution in [2.75, 3.05) is 6.61 Å². The monoisotopic (exact) mass is 224 g/mol. The second-order valence-corrected chi connectivity index (χ2v) is 4.28. The number of ether oxygens (including phenoxy) is 1. The predicted molar refractivity (Wildman–Crippen MR) is 61.0 cm³/mol. The fourth-order valence-electron chi connectivity index (χ4n) is 2.11. The van der Waals surface area contributed by atoms with Crippen molar-refractivity contribution in [1.29, 1.82) is 0 Å². The van der Waals surface area contributed by atoms with Crippen molar-refractivity contribution in [3.63, 3.8) is 0 Å². The van der Waals surface area contributed by atoms with Crippen LogP contribution < -0.4 is 5.32 Å². The Hall–Kier alpha value is -0.940. The van der Waals surface area contributed by atoms with Gasteiger partial charge >= 0.3 is 0 Å². The number of aromatic nitrogens is 3. The summed E-state index contributed by atoms with van der Waals surface area (Å²) in [5, 5.41) is 7.68. The summed E-state index contributed by atoms with van der Waals surface area (Å²) in [7, 11) is 0. The Bertz CT molecular complexity index is 326. The van der Waals surface area contributed by atoms with Crippen LogP contribution >= 0.6 is 0 Å². The van der Waals surface area contributed by atoms with E-state index in [0.717, 1.165) is 38.4 Å². The molecule has 1 N–H and O–H groups in total. The van der Waals surface area contributed by atoms with Crippen molar-refractivity contribution in [3.05, 3.63) is 12.2 Å². The number of aryl methyl sites for hydroxylation is 1. The zero-order chi connectivity index (χ0) is 11.4. The summed E-state index contributed by atoms with van der Waals surface area (Å²) in [5.41, 5.74) is 0. The minimum atomic E-state index is 0.371. The van der Waals surface area contributed by atoms with E-state index in [9.17, 15) is 0 Å². The minimum absolute atomic E-state index is 0.371. The first-order valence-electron chi connectivity index (χ1n) is 6.01. The van der Waals surface area contributed by atoms with E-state index in [2.05, 4.69) is 29.2 Å². The van der Waals surface area contributed by atoms with Crippen LogP contribution in [0, 0.1) is 0 Å². The van der Waals surface area contributed by atoms with Crippen LogP contribution in [0.3, 0.4) is 0 Å². The maximum atomic E-state index is 5.52. The molecular formula is C11H20N4O. The van der Waals surface area contributed by atoms with Crippen molar-refractivity contribution in [1.82, 2.24) is 20.1 Å². The average Bonchev–Trinajstić information content (AvgIpc) is 2.74. The number of nitrogens with one attached hydrogen (secondary N) is 1. The van der Waals surface area contributed by atoms with E-state index in [1.165, 1.54) is 0 Å². The van der Waals surface area contributed by atoms with Gasteiger partial charge in [-0.1, -0.05) is 0 Å². The molecule has 0 radical (unpaired) electrons. The SMILES string of the molecule is CCn1ncnc1CNC1CCOC(C)C1. The van der Waals surface area contributed by atoms with Gasteiger partial charge in [0, 0.05) is 19.2 Å². The summed E-state index contributed by atoms with van der Waals surface area (Å²) >= 11 is 0. The number of rotatable bonds is 4. The largest absolute Gasteiger partial charge is 0.378 e. The zero-order valence-electron chi connectivity index (χ0n) is 10.0. The quantitative estimate of drug-likeness (QED) is 0.827. The summed E-state index contributed by atoms with van der Waals surface area (Å²) in [4.78, 5) is 4.25. The Labute approximate surface area is 96.2 Å². The van der Waals surface area contributed by atoms with Gasteiger partial charge in [-0.3, -0.25) is 0 Å². The molecule has 2 atom stereocenters. The van der Waals surface area contributed by atoms with Crippen molar-refractivity contribution in [2.24, 2.45) is 0 Å². The lowest BCUT2D eigenvalue weighted by Crippen LogP contribution is -2.38. The van der Waals surface area contributed by atoms with Crippen molar-refractivity contribution >= 4 is 0 Å². The van der Waals surface area contributed by atoms with Gasteiger partial charge in [-0.2, -0.15) is 5.10 Å². The minimum Gasteiger partial charge on any atom is -0.378 e. The van der Waals surface area contributed by atoms with Gasteiger partial charge in [0.15, 0.2) is 0 Å². The van der Waals surface area contributed by atoms with Gasteiger partial charge in [-0.05, 0) is 26.7 Å². The molecule has 1 saturated heterocycles. The standard InChI is InChI=1S/C11H20N4O/c1-3-15-11(13-8-14-15)7-12-10-4-5-16-9(2)6-10/h8-10,12H,3-7H2,1-2H3. The fourth-order valence-corrected chi connectivity index (χ4v) is 2.11. The van der Waals surface area contributed by atoms with Gasteiger partial charge in [0.25, 0.3) is 0 Å². The van der Waals surface area contributed by atoms with Crippen LogP contribution in [-0.2, 0) is 17.8 Å². The Morgan fingerprint density at radius 2 is 2.50 bits per heavy atom. The molecular weight excluding hydrogens is 204 g/mol. The van der Waals surface area contributed by atoms with E-state index in [-0.39, 0.29) is 0 Å². The third-order valence-electron chi connectivity index (χ3n) is 3.03. The third-order valence-corrected chi connectivity index (χ3v) is 3.03. The molecule has 0 aliphatic carbocycles. The van der Waals surface area contributed by atoms with E-state index in [1.807, 2.05) is 4.68 Å². The van der Waals surface area contributed by atoms with Gasteiger partial charge in [0.05, 0.1) is 12.6 Å². The molecule has 1 aliphatic rings.